The van der Waals surface area contributed by atoms with Crippen LogP contribution < -0.4 is 5.32 Å². The van der Waals surface area contributed by atoms with Crippen LogP contribution in [0.5, 0.6) is 0 Å². The Morgan fingerprint density at radius 2 is 1.85 bits per heavy atom. The summed E-state index contributed by atoms with van der Waals surface area (Å²) < 4.78 is 0. The van der Waals surface area contributed by atoms with Crippen molar-refractivity contribution in [3.8, 4) is 0 Å². The molecule has 0 amide bonds. The first-order chi connectivity index (χ1) is 9.65. The van der Waals surface area contributed by atoms with Gasteiger partial charge in [0, 0.05) is 18.6 Å². The average Bonchev–Trinajstić information content (AvgIpc) is 2.47. The van der Waals surface area contributed by atoms with Gasteiger partial charge in [-0.3, -0.25) is 0 Å². The third-order valence-corrected chi connectivity index (χ3v) is 6.19. The van der Waals surface area contributed by atoms with Crippen molar-refractivity contribution in [2.24, 2.45) is 17.8 Å². The van der Waals surface area contributed by atoms with Crippen LogP contribution in [0.2, 0.25) is 0 Å². The fourth-order valence-electron chi connectivity index (χ4n) is 4.77. The van der Waals surface area contributed by atoms with Crippen LogP contribution in [0.15, 0.2) is 0 Å². The molecule has 5 atom stereocenters. The molecular formula is C18H36N2. The second-order valence-electron chi connectivity index (χ2n) is 7.51. The third-order valence-electron chi connectivity index (χ3n) is 6.19. The minimum absolute atomic E-state index is 0.749. The minimum atomic E-state index is 0.749. The molecule has 1 N–H and O–H groups in total. The normalized spacial score (nSPS) is 39.1. The number of nitrogens with zero attached hydrogens (tertiary/aromatic N) is 1. The highest BCUT2D eigenvalue weighted by molar-refractivity contribution is 4.88. The molecule has 2 rings (SSSR count). The first-order valence-corrected chi connectivity index (χ1v) is 9.03. The molecule has 2 aliphatic rings. The zero-order chi connectivity index (χ0) is 14.5. The number of nitrogens with one attached hydrogen (secondary N) is 1. The summed E-state index contributed by atoms with van der Waals surface area (Å²) in [6.07, 6.45) is 11.4. The van der Waals surface area contributed by atoms with E-state index in [1.54, 1.807) is 0 Å². The van der Waals surface area contributed by atoms with Gasteiger partial charge in [-0.15, -0.1) is 0 Å². The maximum atomic E-state index is 3.59. The highest BCUT2D eigenvalue weighted by Crippen LogP contribution is 2.34. The van der Waals surface area contributed by atoms with Crippen molar-refractivity contribution in [3.05, 3.63) is 0 Å². The quantitative estimate of drug-likeness (QED) is 0.821. The van der Waals surface area contributed by atoms with Gasteiger partial charge in [0.1, 0.15) is 0 Å². The molecule has 0 aromatic carbocycles. The maximum absolute atomic E-state index is 3.59. The fourth-order valence-corrected chi connectivity index (χ4v) is 4.77. The fraction of sp³-hybridized carbons (Fsp3) is 1.00. The van der Waals surface area contributed by atoms with Crippen LogP contribution in [0, 0.1) is 17.8 Å². The molecule has 0 aromatic heterocycles. The van der Waals surface area contributed by atoms with Gasteiger partial charge in [0.05, 0.1) is 0 Å². The maximum Gasteiger partial charge on any atom is 0.0118 e. The lowest BCUT2D eigenvalue weighted by Crippen LogP contribution is -2.48. The SMILES string of the molecule is CCC1CCC(NC)C(CN(C)C2CCCCC2C)C1. The molecule has 20 heavy (non-hydrogen) atoms. The minimum Gasteiger partial charge on any atom is -0.317 e. The standard InChI is InChI=1S/C18H36N2/c1-5-15-10-11-17(19-3)16(12-15)13-20(4)18-9-7-6-8-14(18)2/h14-19H,5-13H2,1-4H3. The van der Waals surface area contributed by atoms with Crippen molar-refractivity contribution in [3.63, 3.8) is 0 Å². The van der Waals surface area contributed by atoms with Gasteiger partial charge in [-0.2, -0.15) is 0 Å². The van der Waals surface area contributed by atoms with Crippen molar-refractivity contribution in [2.75, 3.05) is 20.6 Å². The topological polar surface area (TPSA) is 15.3 Å². The molecule has 2 saturated carbocycles. The molecule has 2 aliphatic carbocycles. The van der Waals surface area contributed by atoms with Gasteiger partial charge in [-0.25, -0.2) is 0 Å². The first-order valence-electron chi connectivity index (χ1n) is 9.03. The van der Waals surface area contributed by atoms with E-state index >= 15 is 0 Å². The van der Waals surface area contributed by atoms with Crippen LogP contribution in [0.4, 0.5) is 0 Å². The highest BCUT2D eigenvalue weighted by Gasteiger charge is 2.32. The molecule has 0 spiro atoms. The molecule has 2 heteroatoms. The van der Waals surface area contributed by atoms with Gasteiger partial charge in [-0.1, -0.05) is 33.1 Å². The largest absolute Gasteiger partial charge is 0.317 e. The molecular weight excluding hydrogens is 244 g/mol. The summed E-state index contributed by atoms with van der Waals surface area (Å²) in [4.78, 5) is 2.71. The Morgan fingerprint density at radius 1 is 1.10 bits per heavy atom. The van der Waals surface area contributed by atoms with Gasteiger partial charge in [0.25, 0.3) is 0 Å². The number of hydrogen-bond acceptors (Lipinski definition) is 2. The molecule has 0 radical (unpaired) electrons. The van der Waals surface area contributed by atoms with Crippen LogP contribution >= 0.6 is 0 Å². The summed E-state index contributed by atoms with van der Waals surface area (Å²) in [6.45, 7) is 6.14. The van der Waals surface area contributed by atoms with Gasteiger partial charge in [-0.05, 0) is 64.0 Å². The predicted octanol–water partition coefficient (Wildman–Crippen LogP) is 3.91. The zero-order valence-corrected chi connectivity index (χ0v) is 14.2. The molecule has 0 bridgehead atoms. The van der Waals surface area contributed by atoms with Crippen molar-refractivity contribution >= 4 is 0 Å². The van der Waals surface area contributed by atoms with Crippen LogP contribution in [-0.2, 0) is 0 Å². The van der Waals surface area contributed by atoms with E-state index < -0.39 is 0 Å². The summed E-state index contributed by atoms with van der Waals surface area (Å²) in [7, 11) is 4.54. The lowest BCUT2D eigenvalue weighted by Gasteiger charge is -2.42. The lowest BCUT2D eigenvalue weighted by molar-refractivity contribution is 0.0894. The van der Waals surface area contributed by atoms with E-state index in [1.165, 1.54) is 57.9 Å². The average molecular weight is 280 g/mol. The van der Waals surface area contributed by atoms with Crippen LogP contribution in [0.3, 0.4) is 0 Å². The van der Waals surface area contributed by atoms with Crippen molar-refractivity contribution < 1.29 is 0 Å². The van der Waals surface area contributed by atoms with E-state index in [0.717, 1.165) is 29.8 Å². The van der Waals surface area contributed by atoms with E-state index in [2.05, 4.69) is 38.2 Å². The predicted molar refractivity (Wildman–Crippen MR) is 88.0 cm³/mol. The van der Waals surface area contributed by atoms with Gasteiger partial charge < -0.3 is 10.2 Å². The summed E-state index contributed by atoms with van der Waals surface area (Å²) >= 11 is 0. The van der Waals surface area contributed by atoms with E-state index in [1.807, 2.05) is 0 Å². The lowest BCUT2D eigenvalue weighted by atomic mass is 9.76. The molecule has 0 aromatic rings. The van der Waals surface area contributed by atoms with Crippen molar-refractivity contribution in [1.29, 1.82) is 0 Å². The second kappa shape index (κ2) is 7.79. The Balaban J connectivity index is 1.91. The Kier molecular flexibility index (Phi) is 6.35. The van der Waals surface area contributed by atoms with Crippen LogP contribution in [0.1, 0.15) is 65.2 Å². The Hall–Kier alpha value is -0.0800. The zero-order valence-electron chi connectivity index (χ0n) is 14.2. The summed E-state index contributed by atoms with van der Waals surface area (Å²) in [5, 5.41) is 3.59. The van der Waals surface area contributed by atoms with E-state index in [-0.39, 0.29) is 0 Å². The van der Waals surface area contributed by atoms with Crippen LogP contribution in [-0.4, -0.2) is 37.6 Å². The Morgan fingerprint density at radius 3 is 2.50 bits per heavy atom. The third kappa shape index (κ3) is 3.98. The highest BCUT2D eigenvalue weighted by atomic mass is 15.1. The second-order valence-corrected chi connectivity index (χ2v) is 7.51. The molecule has 0 heterocycles. The van der Waals surface area contributed by atoms with Gasteiger partial charge >= 0.3 is 0 Å². The van der Waals surface area contributed by atoms with Gasteiger partial charge in [0.2, 0.25) is 0 Å². The Labute approximate surface area is 126 Å². The van der Waals surface area contributed by atoms with Crippen LogP contribution in [0.25, 0.3) is 0 Å². The summed E-state index contributed by atoms with van der Waals surface area (Å²) in [5.74, 6) is 2.73. The molecule has 2 fully saturated rings. The Bertz CT molecular complexity index is 279. The molecule has 2 nitrogen and oxygen atoms in total. The molecule has 0 saturated heterocycles. The first kappa shape index (κ1) is 16.3. The van der Waals surface area contributed by atoms with E-state index in [9.17, 15) is 0 Å². The molecule has 5 unspecified atom stereocenters. The number of rotatable bonds is 5. The summed E-state index contributed by atoms with van der Waals surface area (Å²) in [6, 6.07) is 1.59. The van der Waals surface area contributed by atoms with Gasteiger partial charge in [0.15, 0.2) is 0 Å². The monoisotopic (exact) mass is 280 g/mol. The molecule has 0 aliphatic heterocycles. The van der Waals surface area contributed by atoms with E-state index in [0.29, 0.717) is 0 Å². The molecule has 118 valence electrons. The van der Waals surface area contributed by atoms with Crippen molar-refractivity contribution in [2.45, 2.75) is 77.3 Å². The summed E-state index contributed by atoms with van der Waals surface area (Å²) in [5.41, 5.74) is 0. The van der Waals surface area contributed by atoms with Crippen molar-refractivity contribution in [1.82, 2.24) is 10.2 Å². The number of hydrogen-bond donors (Lipinski definition) is 1. The smallest absolute Gasteiger partial charge is 0.0118 e. The van der Waals surface area contributed by atoms with E-state index in [4.69, 9.17) is 0 Å².